The minimum atomic E-state index is -1.83. The predicted molar refractivity (Wildman–Crippen MR) is 160 cm³/mol. The molecule has 1 spiro atoms. The highest BCUT2D eigenvalue weighted by Crippen LogP contribution is 2.71. The third-order valence-corrected chi connectivity index (χ3v) is 9.52. The molecule has 5 rings (SSSR count). The molecule has 1 saturated heterocycles. The Balaban J connectivity index is 1.77. The number of halogens is 6. The van der Waals surface area contributed by atoms with Crippen molar-refractivity contribution in [3.05, 3.63) is 98.5 Å². The van der Waals surface area contributed by atoms with Gasteiger partial charge < -0.3 is 15.8 Å². The second-order valence-electron chi connectivity index (χ2n) is 12.5. The van der Waals surface area contributed by atoms with E-state index in [0.29, 0.717) is 18.6 Å². The molecule has 6 nitrogen and oxygen atoms in total. The normalized spacial score (nSPS) is 26.1. The van der Waals surface area contributed by atoms with E-state index in [9.17, 15) is 23.8 Å². The summed E-state index contributed by atoms with van der Waals surface area (Å²) in [5.41, 5.74) is -4.90. The zero-order valence-electron chi connectivity index (χ0n) is 24.1. The maximum Gasteiger partial charge on any atom is 0.341 e. The van der Waals surface area contributed by atoms with Crippen LogP contribution in [0.1, 0.15) is 61.5 Å². The van der Waals surface area contributed by atoms with Crippen LogP contribution in [0.25, 0.3) is 0 Å². The Labute approximate surface area is 261 Å². The topological polar surface area (TPSA) is 102 Å². The van der Waals surface area contributed by atoms with Crippen LogP contribution in [0, 0.1) is 40.0 Å². The van der Waals surface area contributed by atoms with E-state index in [1.807, 2.05) is 20.8 Å². The standard InChI is InChI=1S/C32H29Cl2F4N3O3/c1-14(39)32(18-9-8-15(33)10-20(18)35)25(17-6-5-7-19(34)26(17)38)27(41-31(32)13-23(31)30(2,3)4)28(42)40-16-11-21(36)24(29(43)44)22(37)12-16/h5-12,23,25,27,39,41H,13H2,1-4H3,(H,40,42)(H,43,44)/t23-,25-,27+,31?,32+/m0/s1. The van der Waals surface area contributed by atoms with E-state index < -0.39 is 69.0 Å². The fraction of sp³-hybridized carbons (Fsp3) is 0.344. The van der Waals surface area contributed by atoms with E-state index in [-0.39, 0.29) is 38.5 Å². The van der Waals surface area contributed by atoms with Crippen molar-refractivity contribution in [2.45, 2.75) is 57.0 Å². The lowest BCUT2D eigenvalue weighted by molar-refractivity contribution is -0.118. The van der Waals surface area contributed by atoms with Crippen LogP contribution in [-0.4, -0.2) is 34.3 Å². The molecule has 12 heteroatoms. The second-order valence-corrected chi connectivity index (χ2v) is 13.3. The molecule has 4 N–H and O–H groups in total. The molecule has 2 aliphatic rings. The van der Waals surface area contributed by atoms with Gasteiger partial charge in [-0.25, -0.2) is 22.4 Å². The van der Waals surface area contributed by atoms with Crippen LogP contribution in [-0.2, 0) is 10.2 Å². The van der Waals surface area contributed by atoms with Gasteiger partial charge in [0, 0.05) is 33.4 Å². The third-order valence-electron chi connectivity index (χ3n) is 8.99. The molecule has 1 saturated carbocycles. The molecule has 0 radical (unpaired) electrons. The number of nitrogens with one attached hydrogen (secondary N) is 3. The van der Waals surface area contributed by atoms with Gasteiger partial charge in [0.25, 0.3) is 0 Å². The maximum absolute atomic E-state index is 16.1. The number of anilines is 1. The number of carbonyl (C=O) groups excluding carboxylic acids is 1. The molecule has 1 heterocycles. The lowest BCUT2D eigenvalue weighted by Crippen LogP contribution is -2.53. The van der Waals surface area contributed by atoms with Crippen LogP contribution in [0.5, 0.6) is 0 Å². The van der Waals surface area contributed by atoms with Crippen LogP contribution in [0.4, 0.5) is 23.2 Å². The predicted octanol–water partition coefficient (Wildman–Crippen LogP) is 7.72. The Kier molecular flexibility index (Phi) is 7.88. The molecule has 3 aromatic carbocycles. The molecule has 1 aliphatic carbocycles. The van der Waals surface area contributed by atoms with Gasteiger partial charge in [0.05, 0.1) is 16.5 Å². The summed E-state index contributed by atoms with van der Waals surface area (Å²) in [5.74, 6) is -8.67. The number of amides is 1. The Morgan fingerprint density at radius 2 is 1.66 bits per heavy atom. The molecule has 1 aliphatic heterocycles. The van der Waals surface area contributed by atoms with Crippen molar-refractivity contribution in [1.29, 1.82) is 5.41 Å². The molecule has 1 unspecified atom stereocenters. The van der Waals surface area contributed by atoms with Gasteiger partial charge in [-0.15, -0.1) is 0 Å². The van der Waals surface area contributed by atoms with Crippen molar-refractivity contribution in [2.24, 2.45) is 11.3 Å². The average Bonchev–Trinajstić information content (AvgIpc) is 3.56. The highest BCUT2D eigenvalue weighted by Gasteiger charge is 2.79. The number of carboxylic acids is 1. The highest BCUT2D eigenvalue weighted by molar-refractivity contribution is 6.31. The van der Waals surface area contributed by atoms with E-state index in [2.05, 4.69) is 10.6 Å². The summed E-state index contributed by atoms with van der Waals surface area (Å²) in [6, 6.07) is 8.14. The number of aromatic carboxylic acids is 1. The van der Waals surface area contributed by atoms with Crippen molar-refractivity contribution in [2.75, 3.05) is 5.32 Å². The lowest BCUT2D eigenvalue weighted by Gasteiger charge is -2.43. The van der Waals surface area contributed by atoms with Gasteiger partial charge in [-0.3, -0.25) is 10.1 Å². The zero-order chi connectivity index (χ0) is 32.5. The van der Waals surface area contributed by atoms with Crippen LogP contribution in [0.3, 0.4) is 0 Å². The first kappa shape index (κ1) is 31.9. The molecule has 3 aromatic rings. The van der Waals surface area contributed by atoms with Crippen LogP contribution < -0.4 is 10.6 Å². The minimum Gasteiger partial charge on any atom is -0.477 e. The summed E-state index contributed by atoms with van der Waals surface area (Å²) in [7, 11) is 0. The van der Waals surface area contributed by atoms with Crippen molar-refractivity contribution in [1.82, 2.24) is 5.32 Å². The first-order chi connectivity index (χ1) is 20.5. The summed E-state index contributed by atoms with van der Waals surface area (Å²) < 4.78 is 61.2. The van der Waals surface area contributed by atoms with Crippen molar-refractivity contribution < 1.29 is 32.3 Å². The molecule has 0 bridgehead atoms. The minimum absolute atomic E-state index is 0.0243. The molecular weight excluding hydrogens is 621 g/mol. The Morgan fingerprint density at radius 1 is 1.02 bits per heavy atom. The molecule has 0 aromatic heterocycles. The highest BCUT2D eigenvalue weighted by atomic mass is 35.5. The number of benzene rings is 3. The molecule has 2 fully saturated rings. The van der Waals surface area contributed by atoms with Gasteiger partial charge >= 0.3 is 5.97 Å². The zero-order valence-corrected chi connectivity index (χ0v) is 25.6. The Bertz CT molecular complexity index is 1710. The monoisotopic (exact) mass is 649 g/mol. The van der Waals surface area contributed by atoms with E-state index in [0.717, 1.165) is 6.07 Å². The first-order valence-electron chi connectivity index (χ1n) is 13.7. The molecule has 5 atom stereocenters. The summed E-state index contributed by atoms with van der Waals surface area (Å²) >= 11 is 12.3. The lowest BCUT2D eigenvalue weighted by atomic mass is 9.59. The van der Waals surface area contributed by atoms with Gasteiger partial charge in [0.15, 0.2) is 0 Å². The van der Waals surface area contributed by atoms with Gasteiger partial charge in [-0.1, -0.05) is 62.2 Å². The summed E-state index contributed by atoms with van der Waals surface area (Å²) in [6.45, 7) is 7.37. The van der Waals surface area contributed by atoms with Crippen molar-refractivity contribution in [3.8, 4) is 0 Å². The molecular formula is C32H29Cl2F4N3O3. The van der Waals surface area contributed by atoms with E-state index in [4.69, 9.17) is 28.3 Å². The Hall–Kier alpha value is -3.47. The summed E-state index contributed by atoms with van der Waals surface area (Å²) in [4.78, 5) is 25.4. The third kappa shape index (κ3) is 4.78. The van der Waals surface area contributed by atoms with Crippen LogP contribution in [0.15, 0.2) is 48.5 Å². The largest absolute Gasteiger partial charge is 0.477 e. The number of hydrogen-bond donors (Lipinski definition) is 4. The second kappa shape index (κ2) is 10.9. The number of hydrogen-bond acceptors (Lipinski definition) is 4. The van der Waals surface area contributed by atoms with Gasteiger partial charge in [0.1, 0.15) is 28.8 Å². The first-order valence-corrected chi connectivity index (χ1v) is 14.5. The van der Waals surface area contributed by atoms with E-state index in [1.54, 1.807) is 0 Å². The van der Waals surface area contributed by atoms with Gasteiger partial charge in [-0.05, 0) is 60.6 Å². The van der Waals surface area contributed by atoms with Crippen LogP contribution in [0.2, 0.25) is 10.0 Å². The SMILES string of the molecule is CC(=N)[C@@]1(c2ccc(Cl)cc2F)[C@@H](c2cccc(Cl)c2F)[C@H](C(=O)Nc2cc(F)c(C(=O)O)c(F)c2)NC12C[C@H]2C(C)(C)C. The number of rotatable bonds is 6. The average molecular weight is 650 g/mol. The molecule has 232 valence electrons. The quantitative estimate of drug-likeness (QED) is 0.162. The fourth-order valence-corrected chi connectivity index (χ4v) is 7.69. The molecule has 44 heavy (non-hydrogen) atoms. The van der Waals surface area contributed by atoms with Gasteiger partial charge in [-0.2, -0.15) is 0 Å². The van der Waals surface area contributed by atoms with Crippen molar-refractivity contribution in [3.63, 3.8) is 0 Å². The van der Waals surface area contributed by atoms with Crippen molar-refractivity contribution >= 4 is 46.5 Å². The van der Waals surface area contributed by atoms with E-state index in [1.165, 1.54) is 37.3 Å². The molecule has 1 amide bonds. The summed E-state index contributed by atoms with van der Waals surface area (Å²) in [5, 5.41) is 23.9. The number of carboxylic acid groups (broad SMARTS) is 1. The van der Waals surface area contributed by atoms with Gasteiger partial charge in [0.2, 0.25) is 5.91 Å². The van der Waals surface area contributed by atoms with Crippen LogP contribution >= 0.6 is 23.2 Å². The number of carbonyl (C=O) groups is 2. The fourth-order valence-electron chi connectivity index (χ4n) is 7.35. The van der Waals surface area contributed by atoms with E-state index >= 15 is 8.78 Å². The Morgan fingerprint density at radius 3 is 2.18 bits per heavy atom. The smallest absolute Gasteiger partial charge is 0.341 e. The summed E-state index contributed by atoms with van der Waals surface area (Å²) in [6.07, 6.45) is 0.383. The maximum atomic E-state index is 16.1.